The predicted molar refractivity (Wildman–Crippen MR) is 46.6 cm³/mol. The third-order valence-electron chi connectivity index (χ3n) is 1.37. The van der Waals surface area contributed by atoms with Crippen molar-refractivity contribution in [2.45, 2.75) is 0 Å². The van der Waals surface area contributed by atoms with Crippen molar-refractivity contribution in [1.82, 2.24) is 4.90 Å². The fourth-order valence-corrected chi connectivity index (χ4v) is 0.967. The van der Waals surface area contributed by atoms with E-state index in [4.69, 9.17) is 7.80 Å². The molecule has 0 saturated carbocycles. The van der Waals surface area contributed by atoms with Gasteiger partial charge in [0.15, 0.2) is 23.0 Å². The van der Waals surface area contributed by atoms with E-state index < -0.39 is 0 Å². The van der Waals surface area contributed by atoms with Gasteiger partial charge in [-0.2, -0.15) is 0 Å². The molecule has 0 atom stereocenters. The topological polar surface area (TPSA) is 21.7 Å². The molecule has 1 saturated heterocycles. The summed E-state index contributed by atoms with van der Waals surface area (Å²) in [4.78, 5) is 2.17. The normalized spacial score (nSPS) is 19.9. The van der Waals surface area contributed by atoms with Gasteiger partial charge in [0.2, 0.25) is 0 Å². The van der Waals surface area contributed by atoms with Crippen molar-refractivity contribution < 1.29 is 7.80 Å². The molecule has 0 amide bonds. The number of rotatable bonds is 2. The third kappa shape index (κ3) is 2.74. The van der Waals surface area contributed by atoms with Crippen LogP contribution in [0.2, 0.25) is 0 Å². The van der Waals surface area contributed by atoms with E-state index in [2.05, 4.69) is 4.90 Å². The van der Waals surface area contributed by atoms with Gasteiger partial charge in [-0.25, -0.2) is 0 Å². The molecule has 0 aromatic heterocycles. The molecule has 0 aromatic carbocycles. The van der Waals surface area contributed by atoms with E-state index in [0.717, 1.165) is 26.3 Å². The molecule has 0 aliphatic carbocycles. The largest absolute Gasteiger partial charge is 0.434 e. The summed E-state index contributed by atoms with van der Waals surface area (Å²) < 4.78 is 9.91. The Labute approximate surface area is 74.7 Å². The van der Waals surface area contributed by atoms with Gasteiger partial charge in [0.1, 0.15) is 6.26 Å². The monoisotopic (exact) mass is 255 g/mol. The molecular formula is C6H10INO2. The van der Waals surface area contributed by atoms with Crippen molar-refractivity contribution in [2.75, 3.05) is 26.3 Å². The first-order valence-electron chi connectivity index (χ1n) is 3.19. The zero-order valence-corrected chi connectivity index (χ0v) is 7.78. The summed E-state index contributed by atoms with van der Waals surface area (Å²) in [6.07, 6.45) is 3.61. The average Bonchev–Trinajstić information content (AvgIpc) is 2.03. The van der Waals surface area contributed by atoms with Gasteiger partial charge in [-0.05, 0) is 0 Å². The van der Waals surface area contributed by atoms with Crippen LogP contribution in [0.4, 0.5) is 0 Å². The van der Waals surface area contributed by atoms with Crippen LogP contribution in [-0.2, 0) is 7.80 Å². The second-order valence-electron chi connectivity index (χ2n) is 2.02. The van der Waals surface area contributed by atoms with Crippen LogP contribution in [0.15, 0.2) is 12.5 Å². The van der Waals surface area contributed by atoms with Crippen molar-refractivity contribution in [3.05, 3.63) is 12.5 Å². The molecule has 0 aromatic rings. The van der Waals surface area contributed by atoms with Gasteiger partial charge in [0.25, 0.3) is 0 Å². The van der Waals surface area contributed by atoms with Crippen molar-refractivity contribution in [3.8, 4) is 0 Å². The van der Waals surface area contributed by atoms with Crippen LogP contribution < -0.4 is 0 Å². The van der Waals surface area contributed by atoms with E-state index in [1.54, 1.807) is 6.26 Å². The Morgan fingerprint density at radius 1 is 1.40 bits per heavy atom. The molecule has 0 spiro atoms. The van der Waals surface area contributed by atoms with Crippen LogP contribution in [-0.4, -0.2) is 31.2 Å². The lowest BCUT2D eigenvalue weighted by Gasteiger charge is -2.24. The highest BCUT2D eigenvalue weighted by atomic mass is 127. The zero-order valence-electron chi connectivity index (χ0n) is 5.62. The highest BCUT2D eigenvalue weighted by Gasteiger charge is 2.04. The summed E-state index contributed by atoms with van der Waals surface area (Å²) in [5.74, 6) is 0. The maximum Gasteiger partial charge on any atom is 0.191 e. The van der Waals surface area contributed by atoms with Crippen LogP contribution in [0.5, 0.6) is 0 Å². The van der Waals surface area contributed by atoms with Gasteiger partial charge in [-0.15, -0.1) is 0 Å². The molecule has 1 aliphatic heterocycles. The quantitative estimate of drug-likeness (QED) is 0.546. The van der Waals surface area contributed by atoms with Gasteiger partial charge in [-0.3, -0.25) is 0 Å². The lowest BCUT2D eigenvalue weighted by Crippen LogP contribution is -2.31. The van der Waals surface area contributed by atoms with Gasteiger partial charge in [-0.1, -0.05) is 0 Å². The first-order valence-corrected chi connectivity index (χ1v) is 4.07. The Morgan fingerprint density at radius 3 is 2.70 bits per heavy atom. The summed E-state index contributed by atoms with van der Waals surface area (Å²) in [6, 6.07) is 0. The fourth-order valence-electron chi connectivity index (χ4n) is 0.836. The summed E-state index contributed by atoms with van der Waals surface area (Å²) in [5, 5.41) is 0. The fraction of sp³-hybridized carbons (Fsp3) is 0.667. The van der Waals surface area contributed by atoms with E-state index in [-0.39, 0.29) is 0 Å². The second-order valence-corrected chi connectivity index (χ2v) is 2.53. The van der Waals surface area contributed by atoms with Crippen molar-refractivity contribution >= 4 is 23.0 Å². The van der Waals surface area contributed by atoms with Crippen LogP contribution in [0.25, 0.3) is 0 Å². The first-order chi connectivity index (χ1) is 4.93. The predicted octanol–water partition coefficient (Wildman–Crippen LogP) is 1.16. The Morgan fingerprint density at radius 2 is 2.10 bits per heavy atom. The number of morpholine rings is 1. The molecule has 0 radical (unpaired) electrons. The van der Waals surface area contributed by atoms with E-state index in [9.17, 15) is 0 Å². The molecule has 4 heteroatoms. The molecule has 1 rings (SSSR count). The minimum Gasteiger partial charge on any atom is -0.434 e. The van der Waals surface area contributed by atoms with Crippen LogP contribution in [0.1, 0.15) is 0 Å². The smallest absolute Gasteiger partial charge is 0.191 e. The van der Waals surface area contributed by atoms with Crippen molar-refractivity contribution in [3.63, 3.8) is 0 Å². The van der Waals surface area contributed by atoms with Crippen LogP contribution in [0.3, 0.4) is 0 Å². The molecule has 1 heterocycles. The van der Waals surface area contributed by atoms with E-state index >= 15 is 0 Å². The molecule has 1 aliphatic rings. The SMILES string of the molecule is IO/C=C/N1CCOCC1. The minimum atomic E-state index is 0.825. The number of hydrogen-bond donors (Lipinski definition) is 0. The Balaban J connectivity index is 2.19. The number of ether oxygens (including phenoxy) is 1. The van der Waals surface area contributed by atoms with Gasteiger partial charge in [0, 0.05) is 19.3 Å². The molecule has 0 N–H and O–H groups in total. The number of halogens is 1. The van der Waals surface area contributed by atoms with Crippen molar-refractivity contribution in [1.29, 1.82) is 0 Å². The van der Waals surface area contributed by atoms with Crippen LogP contribution >= 0.6 is 23.0 Å². The molecule has 0 bridgehead atoms. The lowest BCUT2D eigenvalue weighted by molar-refractivity contribution is 0.0588. The zero-order chi connectivity index (χ0) is 7.23. The Bertz CT molecular complexity index is 112. The maximum absolute atomic E-state index is 5.16. The highest BCUT2D eigenvalue weighted by molar-refractivity contribution is 14.1. The molecule has 1 fully saturated rings. The van der Waals surface area contributed by atoms with E-state index in [0.29, 0.717) is 0 Å². The Hall–Kier alpha value is 0.0300. The first kappa shape index (κ1) is 8.13. The molecular weight excluding hydrogens is 245 g/mol. The minimum absolute atomic E-state index is 0.825. The number of hydrogen-bond acceptors (Lipinski definition) is 3. The highest BCUT2D eigenvalue weighted by Crippen LogP contribution is 1.98. The summed E-state index contributed by atoms with van der Waals surface area (Å²) in [6.45, 7) is 3.59. The summed E-state index contributed by atoms with van der Waals surface area (Å²) >= 11 is 1.84. The summed E-state index contributed by atoms with van der Waals surface area (Å²) in [7, 11) is 0. The average molecular weight is 255 g/mol. The molecule has 10 heavy (non-hydrogen) atoms. The van der Waals surface area contributed by atoms with Crippen molar-refractivity contribution in [2.24, 2.45) is 0 Å². The molecule has 3 nitrogen and oxygen atoms in total. The third-order valence-corrected chi connectivity index (χ3v) is 1.66. The molecule has 58 valence electrons. The van der Waals surface area contributed by atoms with E-state index in [1.165, 1.54) is 0 Å². The maximum atomic E-state index is 5.16. The molecule has 0 unspecified atom stereocenters. The van der Waals surface area contributed by atoms with Gasteiger partial charge in [0.05, 0.1) is 13.2 Å². The van der Waals surface area contributed by atoms with Crippen LogP contribution in [0, 0.1) is 0 Å². The van der Waals surface area contributed by atoms with E-state index in [1.807, 2.05) is 29.2 Å². The van der Waals surface area contributed by atoms with Gasteiger partial charge < -0.3 is 12.7 Å². The van der Waals surface area contributed by atoms with Gasteiger partial charge >= 0.3 is 0 Å². The Kier molecular flexibility index (Phi) is 3.89. The second kappa shape index (κ2) is 4.79. The lowest BCUT2D eigenvalue weighted by atomic mass is 10.4. The standard InChI is InChI=1S/C6H10INO2/c7-10-6-3-8-1-4-9-5-2-8/h3,6H,1-2,4-5H2/b6-3+. The number of nitrogens with zero attached hydrogens (tertiary/aromatic N) is 1. The summed E-state index contributed by atoms with van der Waals surface area (Å²) in [5.41, 5.74) is 0.